The van der Waals surface area contributed by atoms with Crippen molar-refractivity contribution < 1.29 is 4.79 Å². The number of hydrogen-bond donors (Lipinski definition) is 2. The number of aryl methyl sites for hydroxylation is 1. The van der Waals surface area contributed by atoms with Gasteiger partial charge in [-0.3, -0.25) is 14.3 Å². The molecule has 6 nitrogen and oxygen atoms in total. The zero-order valence-electron chi connectivity index (χ0n) is 14.0. The molecule has 0 radical (unpaired) electrons. The van der Waals surface area contributed by atoms with Crippen molar-refractivity contribution in [3.63, 3.8) is 0 Å². The number of fused-ring (bicyclic) bond motifs is 1. The van der Waals surface area contributed by atoms with Gasteiger partial charge in [0.25, 0.3) is 5.91 Å². The highest BCUT2D eigenvalue weighted by Crippen LogP contribution is 2.17. The molecule has 0 aliphatic rings. The SMILES string of the molecule is CC[C@@H](C)n1nc(NC(=O)c2c[nH]c3ccccc3c2=O)cc1C. The highest BCUT2D eigenvalue weighted by atomic mass is 16.2. The molecule has 3 rings (SSSR count). The van der Waals surface area contributed by atoms with Gasteiger partial charge in [0.15, 0.2) is 5.82 Å². The van der Waals surface area contributed by atoms with Crippen LogP contribution in [0.25, 0.3) is 10.9 Å². The molecule has 2 N–H and O–H groups in total. The molecule has 24 heavy (non-hydrogen) atoms. The van der Waals surface area contributed by atoms with Gasteiger partial charge in [0.05, 0.1) is 0 Å². The van der Waals surface area contributed by atoms with E-state index in [1.54, 1.807) is 24.3 Å². The highest BCUT2D eigenvalue weighted by molar-refractivity contribution is 6.05. The summed E-state index contributed by atoms with van der Waals surface area (Å²) in [5.41, 5.74) is 1.45. The van der Waals surface area contributed by atoms with Crippen molar-refractivity contribution in [2.24, 2.45) is 0 Å². The van der Waals surface area contributed by atoms with Crippen LogP contribution < -0.4 is 10.7 Å². The molecule has 1 atom stereocenters. The number of anilines is 1. The quantitative estimate of drug-likeness (QED) is 0.773. The number of pyridine rings is 1. The molecule has 0 fully saturated rings. The molecule has 6 heteroatoms. The van der Waals surface area contributed by atoms with Crippen molar-refractivity contribution in [3.05, 3.63) is 58.0 Å². The van der Waals surface area contributed by atoms with Crippen molar-refractivity contribution in [1.82, 2.24) is 14.8 Å². The number of carbonyl (C=O) groups is 1. The summed E-state index contributed by atoms with van der Waals surface area (Å²) in [6.45, 7) is 6.09. The normalized spacial score (nSPS) is 12.3. The minimum Gasteiger partial charge on any atom is -0.360 e. The van der Waals surface area contributed by atoms with Gasteiger partial charge in [0.1, 0.15) is 5.56 Å². The summed E-state index contributed by atoms with van der Waals surface area (Å²) in [6, 6.07) is 9.17. The molecule has 0 aliphatic carbocycles. The fraction of sp³-hybridized carbons (Fsp3) is 0.278. The summed E-state index contributed by atoms with van der Waals surface area (Å²) in [7, 11) is 0. The molecule has 0 unspecified atom stereocenters. The van der Waals surface area contributed by atoms with Gasteiger partial charge in [0.2, 0.25) is 5.43 Å². The van der Waals surface area contributed by atoms with Gasteiger partial charge in [-0.05, 0) is 32.4 Å². The number of rotatable bonds is 4. The molecule has 0 bridgehead atoms. The maximum Gasteiger partial charge on any atom is 0.262 e. The third-order valence-corrected chi connectivity index (χ3v) is 4.21. The molecule has 124 valence electrons. The Labute approximate surface area is 139 Å². The minimum absolute atomic E-state index is 0.0736. The topological polar surface area (TPSA) is 79.8 Å². The first-order valence-electron chi connectivity index (χ1n) is 7.99. The molecule has 2 heterocycles. The van der Waals surface area contributed by atoms with Crippen molar-refractivity contribution in [1.29, 1.82) is 0 Å². The van der Waals surface area contributed by atoms with E-state index >= 15 is 0 Å². The number of benzene rings is 1. The molecule has 0 saturated carbocycles. The van der Waals surface area contributed by atoms with Crippen LogP contribution in [0.2, 0.25) is 0 Å². The summed E-state index contributed by atoms with van der Waals surface area (Å²) >= 11 is 0. The summed E-state index contributed by atoms with van der Waals surface area (Å²) in [6.07, 6.45) is 2.39. The molecule has 1 amide bonds. The number of para-hydroxylation sites is 1. The average Bonchev–Trinajstić information content (AvgIpc) is 2.95. The molecular formula is C18H20N4O2. The van der Waals surface area contributed by atoms with Crippen LogP contribution in [-0.2, 0) is 0 Å². The Balaban J connectivity index is 1.91. The van der Waals surface area contributed by atoms with E-state index in [1.165, 1.54) is 6.20 Å². The van der Waals surface area contributed by atoms with Crippen LogP contribution in [0.3, 0.4) is 0 Å². The third kappa shape index (κ3) is 2.82. The number of nitrogens with zero attached hydrogens (tertiary/aromatic N) is 2. The number of H-pyrrole nitrogens is 1. The van der Waals surface area contributed by atoms with Gasteiger partial charge in [-0.2, -0.15) is 5.10 Å². The maximum absolute atomic E-state index is 12.5. The van der Waals surface area contributed by atoms with Crippen molar-refractivity contribution in [2.45, 2.75) is 33.2 Å². The molecular weight excluding hydrogens is 304 g/mol. The molecule has 0 spiro atoms. The largest absolute Gasteiger partial charge is 0.360 e. The Morgan fingerprint density at radius 1 is 1.38 bits per heavy atom. The van der Waals surface area contributed by atoms with E-state index in [-0.39, 0.29) is 17.0 Å². The van der Waals surface area contributed by atoms with E-state index in [0.717, 1.165) is 12.1 Å². The Morgan fingerprint density at radius 3 is 2.88 bits per heavy atom. The highest BCUT2D eigenvalue weighted by Gasteiger charge is 2.16. The first-order valence-corrected chi connectivity index (χ1v) is 7.99. The molecule has 0 aliphatic heterocycles. The third-order valence-electron chi connectivity index (χ3n) is 4.21. The molecule has 2 aromatic heterocycles. The lowest BCUT2D eigenvalue weighted by Crippen LogP contribution is -2.22. The Bertz CT molecular complexity index is 955. The van der Waals surface area contributed by atoms with E-state index in [1.807, 2.05) is 17.7 Å². The fourth-order valence-electron chi connectivity index (χ4n) is 2.69. The number of carbonyl (C=O) groups excluding carboxylic acids is 1. The number of amides is 1. The van der Waals surface area contributed by atoms with Crippen LogP contribution in [0.15, 0.2) is 41.3 Å². The van der Waals surface area contributed by atoms with Crippen molar-refractivity contribution in [3.8, 4) is 0 Å². The second-order valence-electron chi connectivity index (χ2n) is 5.90. The van der Waals surface area contributed by atoms with Gasteiger partial charge < -0.3 is 10.3 Å². The first-order chi connectivity index (χ1) is 11.5. The van der Waals surface area contributed by atoms with Crippen LogP contribution >= 0.6 is 0 Å². The number of hydrogen-bond acceptors (Lipinski definition) is 3. The zero-order valence-corrected chi connectivity index (χ0v) is 14.0. The predicted molar refractivity (Wildman–Crippen MR) is 94.5 cm³/mol. The van der Waals surface area contributed by atoms with E-state index < -0.39 is 5.91 Å². The lowest BCUT2D eigenvalue weighted by molar-refractivity contribution is 0.102. The lowest BCUT2D eigenvalue weighted by Gasteiger charge is -2.10. The second kappa shape index (κ2) is 6.31. The van der Waals surface area contributed by atoms with Crippen LogP contribution in [-0.4, -0.2) is 20.7 Å². The predicted octanol–water partition coefficient (Wildman–Crippen LogP) is 3.26. The summed E-state index contributed by atoms with van der Waals surface area (Å²) in [5, 5.41) is 7.62. The minimum atomic E-state index is -0.462. The fourth-order valence-corrected chi connectivity index (χ4v) is 2.69. The van der Waals surface area contributed by atoms with E-state index in [0.29, 0.717) is 16.7 Å². The smallest absolute Gasteiger partial charge is 0.262 e. The maximum atomic E-state index is 12.5. The van der Waals surface area contributed by atoms with E-state index in [2.05, 4.69) is 29.2 Å². The van der Waals surface area contributed by atoms with Crippen LogP contribution in [0.1, 0.15) is 42.4 Å². The first kappa shape index (κ1) is 16.0. The van der Waals surface area contributed by atoms with Gasteiger partial charge in [-0.25, -0.2) is 0 Å². The van der Waals surface area contributed by atoms with E-state index in [9.17, 15) is 9.59 Å². The van der Waals surface area contributed by atoms with Crippen molar-refractivity contribution in [2.75, 3.05) is 5.32 Å². The van der Waals surface area contributed by atoms with Crippen LogP contribution in [0.4, 0.5) is 5.82 Å². The van der Waals surface area contributed by atoms with Gasteiger partial charge >= 0.3 is 0 Å². The second-order valence-corrected chi connectivity index (χ2v) is 5.90. The standard InChI is InChI=1S/C18H20N4O2/c1-4-11(2)22-12(3)9-16(21-22)20-18(24)14-10-19-15-8-6-5-7-13(15)17(14)23/h5-11H,4H2,1-3H3,(H,19,23)(H,20,21,24)/t11-/m1/s1. The Morgan fingerprint density at radius 2 is 2.12 bits per heavy atom. The van der Waals surface area contributed by atoms with E-state index in [4.69, 9.17) is 0 Å². The van der Waals surface area contributed by atoms with Gasteiger partial charge in [-0.15, -0.1) is 0 Å². The van der Waals surface area contributed by atoms with Gasteiger partial charge in [-0.1, -0.05) is 19.1 Å². The lowest BCUT2D eigenvalue weighted by atomic mass is 10.1. The summed E-state index contributed by atoms with van der Waals surface area (Å²) in [5.74, 6) is -0.0128. The summed E-state index contributed by atoms with van der Waals surface area (Å²) < 4.78 is 1.88. The Hall–Kier alpha value is -2.89. The number of aromatic amines is 1. The number of aromatic nitrogens is 3. The van der Waals surface area contributed by atoms with Crippen molar-refractivity contribution >= 4 is 22.6 Å². The molecule has 1 aromatic carbocycles. The molecule has 0 saturated heterocycles. The van der Waals surface area contributed by atoms with Crippen LogP contribution in [0, 0.1) is 6.92 Å². The number of nitrogens with one attached hydrogen (secondary N) is 2. The zero-order chi connectivity index (χ0) is 17.3. The Kier molecular flexibility index (Phi) is 4.20. The summed E-state index contributed by atoms with van der Waals surface area (Å²) in [4.78, 5) is 27.9. The van der Waals surface area contributed by atoms with Crippen LogP contribution in [0.5, 0.6) is 0 Å². The average molecular weight is 324 g/mol. The monoisotopic (exact) mass is 324 g/mol. The molecule has 3 aromatic rings. The van der Waals surface area contributed by atoms with Gasteiger partial charge in [0, 0.05) is 34.9 Å².